The average molecular weight is 199 g/mol. The summed E-state index contributed by atoms with van der Waals surface area (Å²) in [6.07, 6.45) is 2.61. The molecule has 14 heavy (non-hydrogen) atoms. The molecule has 4 nitrogen and oxygen atoms in total. The summed E-state index contributed by atoms with van der Waals surface area (Å²) in [4.78, 5) is 23.1. The Morgan fingerprint density at radius 3 is 2.43 bits per heavy atom. The van der Waals surface area contributed by atoms with E-state index in [4.69, 9.17) is 5.11 Å². The van der Waals surface area contributed by atoms with Crippen LogP contribution in [0.25, 0.3) is 0 Å². The van der Waals surface area contributed by atoms with Crippen molar-refractivity contribution in [3.05, 3.63) is 34.2 Å². The van der Waals surface area contributed by atoms with E-state index in [0.29, 0.717) is 0 Å². The zero-order valence-corrected chi connectivity index (χ0v) is 7.37. The lowest BCUT2D eigenvalue weighted by atomic mass is 10.3. The molecule has 0 atom stereocenters. The van der Waals surface area contributed by atoms with Crippen molar-refractivity contribution in [3.63, 3.8) is 0 Å². The van der Waals surface area contributed by atoms with Gasteiger partial charge in [-0.15, -0.1) is 0 Å². The molecule has 0 aliphatic heterocycles. The fraction of sp³-hybridized carbons (Fsp3) is 0.333. The van der Waals surface area contributed by atoms with E-state index in [1.807, 2.05) is 0 Å². The topological polar surface area (TPSA) is 70.2 Å². The van der Waals surface area contributed by atoms with Crippen LogP contribution in [-0.2, 0) is 0 Å². The van der Waals surface area contributed by atoms with Gasteiger partial charge in [0.25, 0.3) is 5.56 Å². The van der Waals surface area contributed by atoms with Crippen LogP contribution in [0.5, 0.6) is 0 Å². The van der Waals surface area contributed by atoms with E-state index < -0.39 is 17.7 Å². The van der Waals surface area contributed by atoms with E-state index in [0.717, 1.165) is 12.8 Å². The highest BCUT2D eigenvalue weighted by Gasteiger charge is 2.18. The minimum Gasteiger partial charge on any atom is -0.477 e. The molecule has 1 aromatic heterocycles. The molecule has 2 rings (SSSR count). The van der Waals surface area contributed by atoms with Gasteiger partial charge in [0.15, 0.2) is 0 Å². The zero-order chi connectivity index (χ0) is 10.6. The molecule has 1 aliphatic rings. The second kappa shape index (κ2) is 4.55. The number of nitrogens with one attached hydrogen (secondary N) is 1. The number of aromatic nitrogens is 1. The van der Waals surface area contributed by atoms with Crippen molar-refractivity contribution in [2.45, 2.75) is 19.0 Å². The average Bonchev–Trinajstić information content (AvgIpc) is 2.89. The van der Waals surface area contributed by atoms with E-state index in [2.05, 4.69) is 4.98 Å². The van der Waals surface area contributed by atoms with E-state index in [1.54, 1.807) is 0 Å². The lowest BCUT2D eigenvalue weighted by Crippen LogP contribution is -2.15. The van der Waals surface area contributed by atoms with Crippen LogP contribution >= 0.6 is 0 Å². The number of H-pyrrole nitrogens is 1. The molecule has 0 spiro atoms. The number of carboxylic acid groups (broad SMARTS) is 1. The van der Waals surface area contributed by atoms with Crippen LogP contribution in [0.2, 0.25) is 0 Å². The third-order valence-corrected chi connectivity index (χ3v) is 1.56. The molecular weight excluding hydrogens is 189 g/mol. The third-order valence-electron chi connectivity index (χ3n) is 1.56. The van der Waals surface area contributed by atoms with Crippen LogP contribution in [-0.4, -0.2) is 22.2 Å². The van der Waals surface area contributed by atoms with Crippen molar-refractivity contribution in [3.8, 4) is 0 Å². The second-order valence-electron chi connectivity index (χ2n) is 2.89. The fourth-order valence-electron chi connectivity index (χ4n) is 0.653. The fourth-order valence-corrected chi connectivity index (χ4v) is 0.653. The maximum atomic E-state index is 11.1. The van der Waals surface area contributed by atoms with Crippen molar-refractivity contribution in [2.75, 3.05) is 0 Å². The number of alkyl halides is 1. The second-order valence-corrected chi connectivity index (χ2v) is 2.89. The minimum absolute atomic E-state index is 0.234. The maximum Gasteiger partial charge on any atom is 0.341 e. The van der Waals surface area contributed by atoms with Crippen LogP contribution in [0.4, 0.5) is 4.39 Å². The smallest absolute Gasteiger partial charge is 0.341 e. The number of aromatic amines is 1. The summed E-state index contributed by atoms with van der Waals surface area (Å²) in [6, 6.07) is 2.71. The van der Waals surface area contributed by atoms with E-state index in [-0.39, 0.29) is 5.56 Å². The van der Waals surface area contributed by atoms with Gasteiger partial charge in [-0.05, 0) is 25.0 Å². The van der Waals surface area contributed by atoms with Crippen LogP contribution in [0.1, 0.15) is 23.2 Å². The number of halogens is 1. The predicted octanol–water partition coefficient (Wildman–Crippen LogP) is 1.19. The lowest BCUT2D eigenvalue weighted by Gasteiger charge is -1.88. The van der Waals surface area contributed by atoms with Crippen molar-refractivity contribution in [1.29, 1.82) is 0 Å². The molecule has 76 valence electrons. The highest BCUT2D eigenvalue weighted by molar-refractivity contribution is 5.86. The van der Waals surface area contributed by atoms with Gasteiger partial charge < -0.3 is 10.1 Å². The van der Waals surface area contributed by atoms with Gasteiger partial charge in [0.1, 0.15) is 11.7 Å². The first-order valence-corrected chi connectivity index (χ1v) is 4.16. The maximum absolute atomic E-state index is 11.1. The molecular formula is C9H10FNO3. The van der Waals surface area contributed by atoms with Crippen molar-refractivity contribution in [2.24, 2.45) is 0 Å². The number of pyridine rings is 1. The quantitative estimate of drug-likeness (QED) is 0.713. The number of carboxylic acids is 1. The van der Waals surface area contributed by atoms with Gasteiger partial charge >= 0.3 is 5.97 Å². The van der Waals surface area contributed by atoms with Crippen molar-refractivity contribution < 1.29 is 14.3 Å². The Morgan fingerprint density at radius 2 is 2.14 bits per heavy atom. The Morgan fingerprint density at radius 1 is 1.57 bits per heavy atom. The molecule has 0 radical (unpaired) electrons. The Hall–Kier alpha value is -1.65. The van der Waals surface area contributed by atoms with Crippen LogP contribution in [0.15, 0.2) is 23.1 Å². The summed E-state index contributed by atoms with van der Waals surface area (Å²) < 4.78 is 11.1. The molecule has 1 aromatic rings. The van der Waals surface area contributed by atoms with Gasteiger partial charge in [-0.25, -0.2) is 9.18 Å². The highest BCUT2D eigenvalue weighted by atomic mass is 19.1. The predicted molar refractivity (Wildman–Crippen MR) is 48.2 cm³/mol. The molecule has 1 fully saturated rings. The van der Waals surface area contributed by atoms with Crippen molar-refractivity contribution >= 4 is 5.97 Å². The molecule has 0 unspecified atom stereocenters. The molecule has 1 aliphatic carbocycles. The summed E-state index contributed by atoms with van der Waals surface area (Å²) in [5.41, 5.74) is -0.808. The molecule has 1 heterocycles. The normalized spacial score (nSPS) is 14.1. The van der Waals surface area contributed by atoms with Crippen LogP contribution < -0.4 is 5.56 Å². The Bertz CT molecular complexity index is 370. The Balaban J connectivity index is 0.000000203. The lowest BCUT2D eigenvalue weighted by molar-refractivity contribution is 0.0695. The third kappa shape index (κ3) is 3.38. The van der Waals surface area contributed by atoms with E-state index >= 15 is 0 Å². The van der Waals surface area contributed by atoms with Gasteiger partial charge in [-0.2, -0.15) is 0 Å². The van der Waals surface area contributed by atoms with Crippen LogP contribution in [0, 0.1) is 0 Å². The molecule has 0 aromatic carbocycles. The molecule has 0 amide bonds. The number of carbonyl (C=O) groups is 1. The Labute approximate surface area is 79.4 Å². The summed E-state index contributed by atoms with van der Waals surface area (Å²) in [6.45, 7) is 0. The van der Waals surface area contributed by atoms with Gasteiger partial charge in [-0.3, -0.25) is 4.79 Å². The summed E-state index contributed by atoms with van der Waals surface area (Å²) >= 11 is 0. The first kappa shape index (κ1) is 10.4. The number of hydrogen-bond acceptors (Lipinski definition) is 2. The highest BCUT2D eigenvalue weighted by Crippen LogP contribution is 2.22. The first-order valence-electron chi connectivity index (χ1n) is 4.16. The van der Waals surface area contributed by atoms with Crippen LogP contribution in [0.3, 0.4) is 0 Å². The standard InChI is InChI=1S/C6H5NO3.C3H5F/c8-5-4(6(9)10)2-1-3-7-5;4-3-1-2-3/h1-3H,(H,7,8)(H,9,10);3H,1-2H2. The molecule has 5 heteroatoms. The van der Waals surface area contributed by atoms with E-state index in [1.165, 1.54) is 18.3 Å². The largest absolute Gasteiger partial charge is 0.477 e. The van der Waals surface area contributed by atoms with Gasteiger partial charge in [-0.1, -0.05) is 0 Å². The minimum atomic E-state index is -1.21. The first-order chi connectivity index (χ1) is 6.61. The Kier molecular flexibility index (Phi) is 3.39. The van der Waals surface area contributed by atoms with E-state index in [9.17, 15) is 14.0 Å². The zero-order valence-electron chi connectivity index (χ0n) is 7.37. The number of rotatable bonds is 1. The number of aromatic carboxylic acids is 1. The molecule has 0 saturated heterocycles. The molecule has 0 bridgehead atoms. The summed E-state index contributed by atoms with van der Waals surface area (Å²) in [5, 5.41) is 8.35. The monoisotopic (exact) mass is 199 g/mol. The number of hydrogen-bond donors (Lipinski definition) is 2. The molecule has 2 N–H and O–H groups in total. The van der Waals surface area contributed by atoms with Crippen molar-refractivity contribution in [1.82, 2.24) is 4.98 Å². The summed E-state index contributed by atoms with van der Waals surface area (Å²) in [5.74, 6) is -1.21. The van der Waals surface area contributed by atoms with Gasteiger partial charge in [0.2, 0.25) is 0 Å². The van der Waals surface area contributed by atoms with Gasteiger partial charge in [0, 0.05) is 6.20 Å². The SMILES string of the molecule is FC1CC1.O=C(O)c1ccc[nH]c1=O. The van der Waals surface area contributed by atoms with Gasteiger partial charge in [0.05, 0.1) is 0 Å². The molecule has 1 saturated carbocycles. The summed E-state index contributed by atoms with van der Waals surface area (Å²) in [7, 11) is 0.